The SMILES string of the molecule is CS(=O)(=O)Nc1ccc(CNC(=O)NCc2ccc(C(=O)N3CCCCCC3)cc2)cc1. The molecule has 3 rings (SSSR count). The highest BCUT2D eigenvalue weighted by Crippen LogP contribution is 2.14. The summed E-state index contributed by atoms with van der Waals surface area (Å²) in [4.78, 5) is 26.7. The number of sulfonamides is 1. The summed E-state index contributed by atoms with van der Waals surface area (Å²) in [6, 6.07) is 13.8. The van der Waals surface area contributed by atoms with E-state index < -0.39 is 10.0 Å². The van der Waals surface area contributed by atoms with Crippen LogP contribution >= 0.6 is 0 Å². The molecule has 32 heavy (non-hydrogen) atoms. The zero-order valence-corrected chi connectivity index (χ0v) is 19.1. The number of amides is 3. The van der Waals surface area contributed by atoms with Gasteiger partial charge in [0.2, 0.25) is 10.0 Å². The Labute approximate surface area is 189 Å². The number of benzene rings is 2. The fourth-order valence-electron chi connectivity index (χ4n) is 3.55. The van der Waals surface area contributed by atoms with Crippen molar-refractivity contribution in [2.75, 3.05) is 24.1 Å². The van der Waals surface area contributed by atoms with Gasteiger partial charge in [-0.25, -0.2) is 13.2 Å². The Morgan fingerprint density at radius 1 is 0.812 bits per heavy atom. The molecule has 0 aliphatic carbocycles. The summed E-state index contributed by atoms with van der Waals surface area (Å²) in [7, 11) is -3.32. The smallest absolute Gasteiger partial charge is 0.315 e. The van der Waals surface area contributed by atoms with E-state index in [9.17, 15) is 18.0 Å². The first-order valence-electron chi connectivity index (χ1n) is 10.8. The first-order chi connectivity index (χ1) is 15.3. The highest BCUT2D eigenvalue weighted by molar-refractivity contribution is 7.92. The Kier molecular flexibility index (Phi) is 8.10. The van der Waals surface area contributed by atoms with Crippen LogP contribution in [-0.4, -0.2) is 44.6 Å². The summed E-state index contributed by atoms with van der Waals surface area (Å²) < 4.78 is 24.9. The van der Waals surface area contributed by atoms with Crippen molar-refractivity contribution in [3.63, 3.8) is 0 Å². The molecule has 0 atom stereocenters. The summed E-state index contributed by atoms with van der Waals surface area (Å²) in [6.07, 6.45) is 5.58. The van der Waals surface area contributed by atoms with Crippen molar-refractivity contribution in [3.8, 4) is 0 Å². The van der Waals surface area contributed by atoms with Crippen LogP contribution in [0.15, 0.2) is 48.5 Å². The monoisotopic (exact) mass is 458 g/mol. The molecule has 1 saturated heterocycles. The first-order valence-corrected chi connectivity index (χ1v) is 12.7. The maximum atomic E-state index is 12.7. The van der Waals surface area contributed by atoms with Gasteiger partial charge in [-0.1, -0.05) is 37.1 Å². The van der Waals surface area contributed by atoms with Gasteiger partial charge in [-0.2, -0.15) is 0 Å². The largest absolute Gasteiger partial charge is 0.339 e. The molecule has 1 aliphatic heterocycles. The number of anilines is 1. The topological polar surface area (TPSA) is 108 Å². The molecule has 3 amide bonds. The molecule has 8 nitrogen and oxygen atoms in total. The molecule has 1 heterocycles. The van der Waals surface area contributed by atoms with E-state index in [2.05, 4.69) is 15.4 Å². The van der Waals surface area contributed by atoms with Crippen LogP contribution in [0.4, 0.5) is 10.5 Å². The molecule has 0 spiro atoms. The van der Waals surface area contributed by atoms with E-state index in [-0.39, 0.29) is 11.9 Å². The van der Waals surface area contributed by atoms with Crippen LogP contribution in [0.5, 0.6) is 0 Å². The molecule has 3 N–H and O–H groups in total. The van der Waals surface area contributed by atoms with Crippen molar-refractivity contribution < 1.29 is 18.0 Å². The summed E-state index contributed by atoms with van der Waals surface area (Å²) >= 11 is 0. The van der Waals surface area contributed by atoms with Crippen molar-refractivity contribution >= 4 is 27.6 Å². The van der Waals surface area contributed by atoms with E-state index in [1.807, 2.05) is 29.2 Å². The third-order valence-electron chi connectivity index (χ3n) is 5.26. The highest BCUT2D eigenvalue weighted by Gasteiger charge is 2.17. The van der Waals surface area contributed by atoms with Crippen molar-refractivity contribution in [2.24, 2.45) is 0 Å². The molecule has 0 unspecified atom stereocenters. The van der Waals surface area contributed by atoms with Gasteiger partial charge in [0.15, 0.2) is 0 Å². The number of nitrogens with one attached hydrogen (secondary N) is 3. The average molecular weight is 459 g/mol. The van der Waals surface area contributed by atoms with E-state index in [4.69, 9.17) is 0 Å². The zero-order valence-electron chi connectivity index (χ0n) is 18.3. The minimum atomic E-state index is -3.32. The quantitative estimate of drug-likeness (QED) is 0.593. The van der Waals surface area contributed by atoms with Gasteiger partial charge in [0.05, 0.1) is 6.26 Å². The van der Waals surface area contributed by atoms with E-state index in [0.29, 0.717) is 24.3 Å². The summed E-state index contributed by atoms with van der Waals surface area (Å²) in [5, 5.41) is 5.56. The Morgan fingerprint density at radius 2 is 1.31 bits per heavy atom. The van der Waals surface area contributed by atoms with Gasteiger partial charge in [-0.3, -0.25) is 9.52 Å². The van der Waals surface area contributed by atoms with Crippen LogP contribution < -0.4 is 15.4 Å². The number of carbonyl (C=O) groups excluding carboxylic acids is 2. The van der Waals surface area contributed by atoms with E-state index in [0.717, 1.165) is 43.3 Å². The van der Waals surface area contributed by atoms with Crippen LogP contribution in [0.1, 0.15) is 47.2 Å². The lowest BCUT2D eigenvalue weighted by molar-refractivity contribution is 0.0761. The molecule has 0 saturated carbocycles. The summed E-state index contributed by atoms with van der Waals surface area (Å²) in [6.45, 7) is 2.30. The van der Waals surface area contributed by atoms with Crippen molar-refractivity contribution in [1.29, 1.82) is 0 Å². The molecular formula is C23H30N4O4S. The second-order valence-electron chi connectivity index (χ2n) is 8.01. The molecule has 0 aromatic heterocycles. The number of urea groups is 1. The van der Waals surface area contributed by atoms with Gasteiger partial charge in [0, 0.05) is 37.4 Å². The zero-order chi connectivity index (χ0) is 23.0. The maximum absolute atomic E-state index is 12.7. The molecule has 0 radical (unpaired) electrons. The van der Waals surface area contributed by atoms with Gasteiger partial charge >= 0.3 is 6.03 Å². The van der Waals surface area contributed by atoms with Gasteiger partial charge in [-0.05, 0) is 48.2 Å². The van der Waals surface area contributed by atoms with Crippen LogP contribution in [0.2, 0.25) is 0 Å². The number of rotatable bonds is 7. The third kappa shape index (κ3) is 7.56. The Balaban J connectivity index is 1.43. The van der Waals surface area contributed by atoms with E-state index in [1.54, 1.807) is 24.3 Å². The lowest BCUT2D eigenvalue weighted by Gasteiger charge is -2.20. The molecule has 2 aromatic carbocycles. The molecule has 2 aromatic rings. The molecule has 1 fully saturated rings. The normalized spacial score (nSPS) is 14.3. The number of nitrogens with zero attached hydrogens (tertiary/aromatic N) is 1. The van der Waals surface area contributed by atoms with Gasteiger partial charge < -0.3 is 15.5 Å². The summed E-state index contributed by atoms with van der Waals surface area (Å²) in [5.74, 6) is 0.0712. The number of hydrogen-bond donors (Lipinski definition) is 3. The standard InChI is InChI=1S/C23H30N4O4S/c1-32(30,31)26-21-12-8-19(9-13-21)17-25-23(29)24-16-18-6-10-20(11-7-18)22(28)27-14-4-2-3-5-15-27/h6-13,26H,2-5,14-17H2,1H3,(H2,24,25,29). The fourth-order valence-corrected chi connectivity index (χ4v) is 4.12. The van der Waals surface area contributed by atoms with Crippen LogP contribution in [0.25, 0.3) is 0 Å². The number of hydrogen-bond acceptors (Lipinski definition) is 4. The van der Waals surface area contributed by atoms with Gasteiger partial charge in [0.1, 0.15) is 0 Å². The summed E-state index contributed by atoms with van der Waals surface area (Å²) in [5.41, 5.74) is 2.90. The minimum Gasteiger partial charge on any atom is -0.339 e. The number of likely N-dealkylation sites (tertiary alicyclic amines) is 1. The first kappa shape index (κ1) is 23.6. The molecule has 172 valence electrons. The van der Waals surface area contributed by atoms with Crippen LogP contribution in [-0.2, 0) is 23.1 Å². The minimum absolute atomic E-state index is 0.0712. The van der Waals surface area contributed by atoms with Crippen molar-refractivity contribution in [1.82, 2.24) is 15.5 Å². The van der Waals surface area contributed by atoms with E-state index in [1.165, 1.54) is 12.8 Å². The van der Waals surface area contributed by atoms with Gasteiger partial charge in [-0.15, -0.1) is 0 Å². The lowest BCUT2D eigenvalue weighted by atomic mass is 10.1. The third-order valence-corrected chi connectivity index (χ3v) is 5.86. The van der Waals surface area contributed by atoms with Crippen molar-refractivity contribution in [3.05, 3.63) is 65.2 Å². The van der Waals surface area contributed by atoms with Crippen LogP contribution in [0.3, 0.4) is 0 Å². The average Bonchev–Trinajstić information content (AvgIpc) is 3.06. The second-order valence-corrected chi connectivity index (χ2v) is 9.76. The number of carbonyl (C=O) groups is 2. The molecular weight excluding hydrogens is 428 g/mol. The predicted octanol–water partition coefficient (Wildman–Crippen LogP) is 3.07. The van der Waals surface area contributed by atoms with Crippen LogP contribution in [0, 0.1) is 0 Å². The lowest BCUT2D eigenvalue weighted by Crippen LogP contribution is -2.34. The fraction of sp³-hybridized carbons (Fsp3) is 0.391. The Morgan fingerprint density at radius 3 is 1.81 bits per heavy atom. The van der Waals surface area contributed by atoms with Crippen molar-refractivity contribution in [2.45, 2.75) is 38.8 Å². The van der Waals surface area contributed by atoms with E-state index >= 15 is 0 Å². The second kappa shape index (κ2) is 11.0. The van der Waals surface area contributed by atoms with Gasteiger partial charge in [0.25, 0.3) is 5.91 Å². The predicted molar refractivity (Wildman–Crippen MR) is 125 cm³/mol. The Hall–Kier alpha value is -3.07. The Bertz CT molecular complexity index is 1010. The molecule has 9 heteroatoms. The maximum Gasteiger partial charge on any atom is 0.315 e. The molecule has 0 bridgehead atoms. The highest BCUT2D eigenvalue weighted by atomic mass is 32.2. The molecule has 1 aliphatic rings.